The zero-order valence-corrected chi connectivity index (χ0v) is 7.27. The van der Waals surface area contributed by atoms with Crippen LogP contribution in [0, 0.1) is 5.92 Å². The monoisotopic (exact) mass is 206 g/mol. The first-order valence-electron chi connectivity index (χ1n) is 4.28. The highest BCUT2D eigenvalue weighted by molar-refractivity contribution is 4.99. The summed E-state index contributed by atoms with van der Waals surface area (Å²) in [4.78, 5) is 3.19. The first-order valence-corrected chi connectivity index (χ1v) is 4.28. The quantitative estimate of drug-likeness (QED) is 0.795. The van der Waals surface area contributed by atoms with E-state index < -0.39 is 12.1 Å². The molecule has 0 saturated carbocycles. The van der Waals surface area contributed by atoms with E-state index in [-0.39, 0.29) is 0 Å². The van der Waals surface area contributed by atoms with Gasteiger partial charge in [-0.1, -0.05) is 0 Å². The molecule has 1 aliphatic rings. The van der Waals surface area contributed by atoms with Crippen LogP contribution in [0.15, 0.2) is 10.6 Å². The predicted octanol–water partition coefficient (Wildman–Crippen LogP) is 1.46. The van der Waals surface area contributed by atoms with Gasteiger partial charge in [0.15, 0.2) is 0 Å². The molecule has 1 aromatic rings. The Morgan fingerprint density at radius 3 is 2.64 bits per heavy atom. The fourth-order valence-electron chi connectivity index (χ4n) is 1.31. The van der Waals surface area contributed by atoms with E-state index >= 15 is 0 Å². The molecule has 1 aliphatic heterocycles. The molecule has 0 bridgehead atoms. The van der Waals surface area contributed by atoms with Crippen molar-refractivity contribution in [2.24, 2.45) is 5.92 Å². The SMILES string of the molecule is FC(F)(F)c1ncc(CC2CNC2)o1. The molecule has 0 aliphatic carbocycles. The minimum absolute atomic E-state index is 0.309. The van der Waals surface area contributed by atoms with E-state index in [2.05, 4.69) is 14.7 Å². The molecule has 78 valence electrons. The minimum Gasteiger partial charge on any atom is -0.438 e. The van der Waals surface area contributed by atoms with E-state index in [9.17, 15) is 13.2 Å². The lowest BCUT2D eigenvalue weighted by atomic mass is 9.98. The van der Waals surface area contributed by atoms with E-state index in [1.165, 1.54) is 0 Å². The lowest BCUT2D eigenvalue weighted by Crippen LogP contribution is -2.42. The molecule has 0 spiro atoms. The number of halogens is 3. The van der Waals surface area contributed by atoms with Crippen molar-refractivity contribution in [2.75, 3.05) is 13.1 Å². The Bertz CT molecular complexity index is 317. The number of nitrogens with one attached hydrogen (secondary N) is 1. The summed E-state index contributed by atoms with van der Waals surface area (Å²) in [6.07, 6.45) is -2.80. The van der Waals surface area contributed by atoms with Crippen LogP contribution >= 0.6 is 0 Å². The Kier molecular flexibility index (Phi) is 2.22. The summed E-state index contributed by atoms with van der Waals surface area (Å²) in [6, 6.07) is 0. The number of nitrogens with zero attached hydrogens (tertiary/aromatic N) is 1. The van der Waals surface area contributed by atoms with Crippen molar-refractivity contribution in [3.8, 4) is 0 Å². The second kappa shape index (κ2) is 3.27. The summed E-state index contributed by atoms with van der Waals surface area (Å²) >= 11 is 0. The van der Waals surface area contributed by atoms with Gasteiger partial charge in [0.25, 0.3) is 0 Å². The largest absolute Gasteiger partial charge is 0.468 e. The van der Waals surface area contributed by atoms with E-state index in [1.54, 1.807) is 0 Å². The van der Waals surface area contributed by atoms with Crippen molar-refractivity contribution in [1.82, 2.24) is 10.3 Å². The molecule has 2 rings (SSSR count). The second-order valence-electron chi connectivity index (χ2n) is 3.36. The fourth-order valence-corrected chi connectivity index (χ4v) is 1.31. The van der Waals surface area contributed by atoms with Crippen molar-refractivity contribution in [2.45, 2.75) is 12.6 Å². The van der Waals surface area contributed by atoms with Crippen LogP contribution in [0.4, 0.5) is 13.2 Å². The number of oxazole rings is 1. The number of rotatable bonds is 2. The third-order valence-corrected chi connectivity index (χ3v) is 2.15. The van der Waals surface area contributed by atoms with Gasteiger partial charge in [-0.25, -0.2) is 4.98 Å². The Hall–Kier alpha value is -1.04. The van der Waals surface area contributed by atoms with Crippen LogP contribution in [0.1, 0.15) is 11.7 Å². The Balaban J connectivity index is 2.02. The van der Waals surface area contributed by atoms with Crippen LogP contribution in [-0.4, -0.2) is 18.1 Å². The minimum atomic E-state index is -4.48. The maximum Gasteiger partial charge on any atom is 0.468 e. The van der Waals surface area contributed by atoms with Gasteiger partial charge in [0.2, 0.25) is 0 Å². The summed E-state index contributed by atoms with van der Waals surface area (Å²) in [5, 5.41) is 3.03. The molecule has 0 atom stereocenters. The van der Waals surface area contributed by atoms with Gasteiger partial charge in [0, 0.05) is 6.42 Å². The van der Waals surface area contributed by atoms with Gasteiger partial charge in [-0.2, -0.15) is 13.2 Å². The average molecular weight is 206 g/mol. The van der Waals surface area contributed by atoms with Crippen LogP contribution in [0.3, 0.4) is 0 Å². The molecule has 2 heterocycles. The molecule has 14 heavy (non-hydrogen) atoms. The third kappa shape index (κ3) is 1.89. The first-order chi connectivity index (χ1) is 6.55. The number of alkyl halides is 3. The molecule has 1 saturated heterocycles. The molecule has 0 aromatic carbocycles. The predicted molar refractivity (Wildman–Crippen MR) is 41.6 cm³/mol. The number of hydrogen-bond donors (Lipinski definition) is 1. The Morgan fingerprint density at radius 1 is 1.50 bits per heavy atom. The summed E-state index contributed by atoms with van der Waals surface area (Å²) in [6.45, 7) is 1.67. The van der Waals surface area contributed by atoms with Gasteiger partial charge < -0.3 is 9.73 Å². The van der Waals surface area contributed by atoms with Crippen LogP contribution in [0.2, 0.25) is 0 Å². The maximum absolute atomic E-state index is 12.1. The smallest absolute Gasteiger partial charge is 0.438 e. The second-order valence-corrected chi connectivity index (χ2v) is 3.36. The van der Waals surface area contributed by atoms with E-state index in [4.69, 9.17) is 0 Å². The Labute approximate surface area is 78.3 Å². The van der Waals surface area contributed by atoms with Crippen molar-refractivity contribution >= 4 is 0 Å². The van der Waals surface area contributed by atoms with Gasteiger partial charge >= 0.3 is 12.1 Å². The molecule has 1 fully saturated rings. The lowest BCUT2D eigenvalue weighted by molar-refractivity contribution is -0.157. The molecule has 3 nitrogen and oxygen atoms in total. The molecule has 1 aromatic heterocycles. The zero-order valence-electron chi connectivity index (χ0n) is 7.27. The summed E-state index contributed by atoms with van der Waals surface area (Å²) in [5.74, 6) is -0.465. The summed E-state index contributed by atoms with van der Waals surface area (Å²) in [7, 11) is 0. The van der Waals surface area contributed by atoms with Crippen LogP contribution in [-0.2, 0) is 12.6 Å². The van der Waals surface area contributed by atoms with E-state index in [1.807, 2.05) is 0 Å². The van der Waals surface area contributed by atoms with Gasteiger partial charge in [-0.05, 0) is 19.0 Å². The standard InChI is InChI=1S/C8H9F3N2O/c9-8(10,11)7-13-4-6(14-7)1-5-2-12-3-5/h4-5,12H,1-3H2. The molecular weight excluding hydrogens is 197 g/mol. The molecular formula is C8H9F3N2O. The average Bonchev–Trinajstić information content (AvgIpc) is 2.43. The van der Waals surface area contributed by atoms with E-state index in [0.29, 0.717) is 18.1 Å². The number of hydrogen-bond acceptors (Lipinski definition) is 3. The van der Waals surface area contributed by atoms with Gasteiger partial charge in [0.1, 0.15) is 5.76 Å². The summed E-state index contributed by atoms with van der Waals surface area (Å²) in [5.41, 5.74) is 0. The van der Waals surface area contributed by atoms with Crippen molar-refractivity contribution in [3.05, 3.63) is 17.8 Å². The summed E-state index contributed by atoms with van der Waals surface area (Å²) < 4.78 is 40.8. The highest BCUT2D eigenvalue weighted by Crippen LogP contribution is 2.29. The number of aromatic nitrogens is 1. The third-order valence-electron chi connectivity index (χ3n) is 2.15. The van der Waals surface area contributed by atoms with E-state index in [0.717, 1.165) is 19.3 Å². The van der Waals surface area contributed by atoms with Crippen molar-refractivity contribution < 1.29 is 17.6 Å². The van der Waals surface area contributed by atoms with Crippen LogP contribution < -0.4 is 5.32 Å². The fraction of sp³-hybridized carbons (Fsp3) is 0.625. The van der Waals surface area contributed by atoms with Gasteiger partial charge in [-0.15, -0.1) is 0 Å². The van der Waals surface area contributed by atoms with Crippen LogP contribution in [0.5, 0.6) is 0 Å². The maximum atomic E-state index is 12.1. The topological polar surface area (TPSA) is 38.1 Å². The normalized spacial score (nSPS) is 18.2. The molecule has 1 N–H and O–H groups in total. The highest BCUT2D eigenvalue weighted by Gasteiger charge is 2.37. The van der Waals surface area contributed by atoms with Gasteiger partial charge in [-0.3, -0.25) is 0 Å². The van der Waals surface area contributed by atoms with Crippen molar-refractivity contribution in [1.29, 1.82) is 0 Å². The highest BCUT2D eigenvalue weighted by atomic mass is 19.4. The van der Waals surface area contributed by atoms with Crippen LogP contribution in [0.25, 0.3) is 0 Å². The molecule has 0 amide bonds. The molecule has 0 radical (unpaired) electrons. The molecule has 6 heteroatoms. The first kappa shape index (κ1) is 9.51. The van der Waals surface area contributed by atoms with Crippen molar-refractivity contribution in [3.63, 3.8) is 0 Å². The molecule has 0 unspecified atom stereocenters. The van der Waals surface area contributed by atoms with Gasteiger partial charge in [0.05, 0.1) is 6.20 Å². The zero-order chi connectivity index (χ0) is 10.2. The Morgan fingerprint density at radius 2 is 2.21 bits per heavy atom. The lowest BCUT2D eigenvalue weighted by Gasteiger charge is -2.25.